The Balaban J connectivity index is 1.79. The summed E-state index contributed by atoms with van der Waals surface area (Å²) in [6.45, 7) is 1.79. The number of aryl methyl sites for hydroxylation is 1. The second kappa shape index (κ2) is 9.07. The second-order valence-corrected chi connectivity index (χ2v) is 9.44. The first-order chi connectivity index (χ1) is 14.9. The van der Waals surface area contributed by atoms with Gasteiger partial charge in [0.25, 0.3) is 0 Å². The molecule has 1 fully saturated rings. The number of ether oxygens (including phenoxy) is 1. The first-order valence-electron chi connectivity index (χ1n) is 9.76. The lowest BCUT2D eigenvalue weighted by molar-refractivity contribution is -0.140. The van der Waals surface area contributed by atoms with Crippen molar-refractivity contribution in [1.82, 2.24) is 4.31 Å². The van der Waals surface area contributed by atoms with Crippen LogP contribution in [0.25, 0.3) is 0 Å². The number of nitrogens with zero attached hydrogens (tertiary/aromatic N) is 1. The van der Waals surface area contributed by atoms with E-state index in [1.54, 1.807) is 19.1 Å². The number of methoxy groups -OCH3 is 1. The summed E-state index contributed by atoms with van der Waals surface area (Å²) in [5, 5.41) is 2.34. The Kier molecular flexibility index (Phi) is 6.80. The molecule has 1 amide bonds. The van der Waals surface area contributed by atoms with E-state index in [4.69, 9.17) is 4.74 Å². The number of hydrogen-bond donors (Lipinski definition) is 1. The molecule has 0 saturated carbocycles. The molecule has 2 aromatic carbocycles. The van der Waals surface area contributed by atoms with E-state index in [2.05, 4.69) is 5.32 Å². The molecule has 11 heteroatoms. The van der Waals surface area contributed by atoms with E-state index in [0.717, 1.165) is 6.07 Å². The molecule has 0 aliphatic carbocycles. The van der Waals surface area contributed by atoms with Gasteiger partial charge in [0.1, 0.15) is 16.5 Å². The summed E-state index contributed by atoms with van der Waals surface area (Å²) in [7, 11) is -2.61. The molecule has 1 aliphatic heterocycles. The molecule has 0 bridgehead atoms. The van der Waals surface area contributed by atoms with Crippen molar-refractivity contribution in [2.24, 2.45) is 5.92 Å². The van der Waals surface area contributed by atoms with Gasteiger partial charge in [-0.2, -0.15) is 17.5 Å². The van der Waals surface area contributed by atoms with Gasteiger partial charge in [-0.1, -0.05) is 6.07 Å². The van der Waals surface area contributed by atoms with Crippen LogP contribution < -0.4 is 10.1 Å². The molecule has 0 spiro atoms. The number of carbonyl (C=O) groups excluding carboxylic acids is 1. The van der Waals surface area contributed by atoms with Crippen molar-refractivity contribution >= 4 is 21.6 Å². The van der Waals surface area contributed by atoms with Gasteiger partial charge in [0.15, 0.2) is 0 Å². The Morgan fingerprint density at radius 3 is 2.56 bits per heavy atom. The van der Waals surface area contributed by atoms with Crippen LogP contribution in [-0.4, -0.2) is 38.8 Å². The predicted octanol–water partition coefficient (Wildman–Crippen LogP) is 4.20. The zero-order valence-corrected chi connectivity index (χ0v) is 18.2. The number of piperidine rings is 1. The summed E-state index contributed by atoms with van der Waals surface area (Å²) in [5.41, 5.74) is -0.994. The number of hydrogen-bond acceptors (Lipinski definition) is 4. The third-order valence-corrected chi connectivity index (χ3v) is 7.12. The lowest BCUT2D eigenvalue weighted by atomic mass is 9.98. The van der Waals surface area contributed by atoms with Crippen LogP contribution in [0.2, 0.25) is 0 Å². The van der Waals surface area contributed by atoms with Crippen molar-refractivity contribution < 1.29 is 35.5 Å². The van der Waals surface area contributed by atoms with Gasteiger partial charge in [-0.05, 0) is 55.7 Å². The number of carbonyl (C=O) groups is 1. The maximum Gasteiger partial charge on any atom is 0.419 e. The molecular formula is C21H22F4N2O4S. The molecule has 1 saturated heterocycles. The van der Waals surface area contributed by atoms with Gasteiger partial charge in [-0.3, -0.25) is 4.79 Å². The van der Waals surface area contributed by atoms with Gasteiger partial charge in [-0.25, -0.2) is 12.8 Å². The Labute approximate surface area is 183 Å². The minimum atomic E-state index is -4.91. The van der Waals surface area contributed by atoms with E-state index in [-0.39, 0.29) is 29.4 Å². The fraction of sp³-hybridized carbons (Fsp3) is 0.381. The third-order valence-electron chi connectivity index (χ3n) is 5.23. The number of alkyl halides is 3. The molecule has 32 heavy (non-hydrogen) atoms. The highest BCUT2D eigenvalue weighted by Gasteiger charge is 2.36. The van der Waals surface area contributed by atoms with Crippen molar-refractivity contribution in [2.75, 3.05) is 25.5 Å². The van der Waals surface area contributed by atoms with E-state index >= 15 is 0 Å². The summed E-state index contributed by atoms with van der Waals surface area (Å²) in [5.74, 6) is -2.69. The van der Waals surface area contributed by atoms with Crippen LogP contribution in [-0.2, 0) is 21.0 Å². The average Bonchev–Trinajstić information content (AvgIpc) is 2.74. The minimum Gasteiger partial charge on any atom is -0.495 e. The number of rotatable bonds is 5. The fourth-order valence-corrected chi connectivity index (χ4v) is 5.33. The third kappa shape index (κ3) is 5.04. The summed E-state index contributed by atoms with van der Waals surface area (Å²) in [4.78, 5) is 12.6. The Morgan fingerprint density at radius 2 is 1.91 bits per heavy atom. The van der Waals surface area contributed by atoms with E-state index < -0.39 is 39.4 Å². The predicted molar refractivity (Wildman–Crippen MR) is 109 cm³/mol. The summed E-state index contributed by atoms with van der Waals surface area (Å²) < 4.78 is 84.9. The van der Waals surface area contributed by atoms with Crippen molar-refractivity contribution in [3.05, 3.63) is 53.3 Å². The van der Waals surface area contributed by atoms with Crippen LogP contribution in [0.4, 0.5) is 23.2 Å². The number of anilines is 1. The van der Waals surface area contributed by atoms with Gasteiger partial charge in [0.05, 0.1) is 18.6 Å². The van der Waals surface area contributed by atoms with Gasteiger partial charge in [0.2, 0.25) is 15.9 Å². The maximum atomic E-state index is 13.5. The average molecular weight is 474 g/mol. The largest absolute Gasteiger partial charge is 0.495 e. The highest BCUT2D eigenvalue weighted by atomic mass is 32.2. The molecule has 1 atom stereocenters. The maximum absolute atomic E-state index is 13.5. The monoisotopic (exact) mass is 474 g/mol. The smallest absolute Gasteiger partial charge is 0.419 e. The molecule has 1 N–H and O–H groups in total. The Bertz CT molecular complexity index is 1120. The lowest BCUT2D eigenvalue weighted by Gasteiger charge is -2.31. The molecule has 2 aromatic rings. The zero-order chi connectivity index (χ0) is 23.7. The first-order valence-corrected chi connectivity index (χ1v) is 11.2. The van der Waals surface area contributed by atoms with E-state index in [1.165, 1.54) is 17.5 Å². The van der Waals surface area contributed by atoms with Crippen molar-refractivity contribution in [1.29, 1.82) is 0 Å². The number of benzene rings is 2. The first kappa shape index (κ1) is 24.0. The highest BCUT2D eigenvalue weighted by molar-refractivity contribution is 7.89. The van der Waals surface area contributed by atoms with Crippen LogP contribution >= 0.6 is 0 Å². The highest BCUT2D eigenvalue weighted by Crippen LogP contribution is 2.34. The topological polar surface area (TPSA) is 75.7 Å². The molecule has 174 valence electrons. The normalized spacial score (nSPS) is 17.8. The molecule has 1 aliphatic rings. The molecule has 6 nitrogen and oxygen atoms in total. The number of halogens is 4. The minimum absolute atomic E-state index is 0.0191. The number of sulfonamides is 1. The zero-order valence-electron chi connectivity index (χ0n) is 17.4. The quantitative estimate of drug-likeness (QED) is 0.659. The molecule has 0 unspecified atom stereocenters. The summed E-state index contributed by atoms with van der Waals surface area (Å²) in [6.07, 6.45) is -4.16. The van der Waals surface area contributed by atoms with Crippen LogP contribution in [0.15, 0.2) is 41.3 Å². The Morgan fingerprint density at radius 1 is 1.19 bits per heavy atom. The number of amides is 1. The van der Waals surface area contributed by atoms with Crippen LogP contribution in [0.1, 0.15) is 24.0 Å². The van der Waals surface area contributed by atoms with Crippen molar-refractivity contribution in [3.63, 3.8) is 0 Å². The number of nitrogens with one attached hydrogen (secondary N) is 1. The Hall–Kier alpha value is -2.66. The van der Waals surface area contributed by atoms with Crippen molar-refractivity contribution in [2.45, 2.75) is 30.8 Å². The van der Waals surface area contributed by atoms with Gasteiger partial charge in [-0.15, -0.1) is 0 Å². The molecular weight excluding hydrogens is 452 g/mol. The molecule has 3 rings (SSSR count). The summed E-state index contributed by atoms with van der Waals surface area (Å²) in [6, 6.07) is 6.90. The standard InChI is InChI=1S/C21H22F4N2O4S/c1-13-5-8-18(31-2)19(10-13)32(29,30)27-9-3-4-14(12-27)20(28)26-15-6-7-17(22)16(11-15)21(23,24)25/h5-8,10-11,14H,3-4,9,12H2,1-2H3,(H,26,28)/t14-/m1/s1. The van der Waals surface area contributed by atoms with E-state index in [1.807, 2.05) is 0 Å². The van der Waals surface area contributed by atoms with Crippen molar-refractivity contribution in [3.8, 4) is 5.75 Å². The molecule has 0 radical (unpaired) electrons. The molecule has 0 aromatic heterocycles. The summed E-state index contributed by atoms with van der Waals surface area (Å²) >= 11 is 0. The van der Waals surface area contributed by atoms with Gasteiger partial charge < -0.3 is 10.1 Å². The van der Waals surface area contributed by atoms with Gasteiger partial charge in [0, 0.05) is 18.8 Å². The van der Waals surface area contributed by atoms with E-state index in [9.17, 15) is 30.8 Å². The van der Waals surface area contributed by atoms with Gasteiger partial charge >= 0.3 is 6.18 Å². The van der Waals surface area contributed by atoms with Crippen LogP contribution in [0.3, 0.4) is 0 Å². The van der Waals surface area contributed by atoms with E-state index in [0.29, 0.717) is 30.5 Å². The van der Waals surface area contributed by atoms with Crippen LogP contribution in [0, 0.1) is 18.7 Å². The van der Waals surface area contributed by atoms with Crippen LogP contribution in [0.5, 0.6) is 5.75 Å². The molecule has 1 heterocycles. The lowest BCUT2D eigenvalue weighted by Crippen LogP contribution is -2.43. The second-order valence-electron chi connectivity index (χ2n) is 7.54. The SMILES string of the molecule is COc1ccc(C)cc1S(=O)(=O)N1CCC[C@@H](C(=O)Nc2ccc(F)c(C(F)(F)F)c2)C1. The fourth-order valence-electron chi connectivity index (χ4n) is 3.56.